The van der Waals surface area contributed by atoms with Gasteiger partial charge >= 0.3 is 5.97 Å². The summed E-state index contributed by atoms with van der Waals surface area (Å²) in [4.78, 5) is 24.5. The van der Waals surface area contributed by atoms with Crippen LogP contribution in [-0.2, 0) is 14.3 Å². The molecule has 0 aliphatic heterocycles. The Morgan fingerprint density at radius 3 is 1.07 bits per heavy atom. The first-order valence-electron chi connectivity index (χ1n) is 31.8. The van der Waals surface area contributed by atoms with Gasteiger partial charge < -0.3 is 20.3 Å². The summed E-state index contributed by atoms with van der Waals surface area (Å²) in [7, 11) is 0. The molecule has 0 spiro atoms. The molecular formula is C65H123NO5. The fraction of sp³-hybridized carbons (Fsp3) is 0.877. The first kappa shape index (κ1) is 69.1. The van der Waals surface area contributed by atoms with Crippen LogP contribution in [-0.4, -0.2) is 47.4 Å². The highest BCUT2D eigenvalue weighted by molar-refractivity contribution is 5.76. The molecule has 0 aliphatic carbocycles. The van der Waals surface area contributed by atoms with Crippen LogP contribution in [0.5, 0.6) is 0 Å². The number of carbonyl (C=O) groups is 2. The molecule has 6 nitrogen and oxygen atoms in total. The fourth-order valence-corrected chi connectivity index (χ4v) is 9.78. The standard InChI is InChI=1S/C65H123NO5/c1-3-5-7-9-11-13-15-16-17-18-28-31-34-38-41-45-49-53-57-63(68)62(61-67)66-64(69)58-54-50-46-42-39-35-32-29-26-24-22-20-19-21-23-25-27-30-33-36-40-44-48-52-56-60-71-65(70)59-55-51-47-43-37-14-12-10-8-6-4-2/h20-23,53,57,62-63,67-68H,3-19,24-52,54-56,58-61H2,1-2H3,(H,66,69)/b22-20-,23-21-,57-53+. The van der Waals surface area contributed by atoms with Gasteiger partial charge in [0.15, 0.2) is 0 Å². The second-order valence-corrected chi connectivity index (χ2v) is 21.7. The van der Waals surface area contributed by atoms with Crippen molar-refractivity contribution < 1.29 is 24.5 Å². The third-order valence-electron chi connectivity index (χ3n) is 14.7. The molecule has 1 amide bonds. The molecule has 418 valence electrons. The van der Waals surface area contributed by atoms with Crippen molar-refractivity contribution >= 4 is 11.9 Å². The zero-order valence-electron chi connectivity index (χ0n) is 47.7. The van der Waals surface area contributed by atoms with Crippen molar-refractivity contribution in [3.05, 3.63) is 36.5 Å². The van der Waals surface area contributed by atoms with Crippen molar-refractivity contribution in [2.24, 2.45) is 0 Å². The molecular weight excluding hydrogens is 875 g/mol. The van der Waals surface area contributed by atoms with Gasteiger partial charge in [-0.1, -0.05) is 301 Å². The number of rotatable bonds is 59. The monoisotopic (exact) mass is 998 g/mol. The minimum Gasteiger partial charge on any atom is -0.466 e. The molecule has 2 atom stereocenters. The summed E-state index contributed by atoms with van der Waals surface area (Å²) in [6, 6.07) is -0.633. The van der Waals surface area contributed by atoms with E-state index in [-0.39, 0.29) is 18.5 Å². The first-order valence-corrected chi connectivity index (χ1v) is 31.8. The largest absolute Gasteiger partial charge is 0.466 e. The molecule has 0 aliphatic rings. The van der Waals surface area contributed by atoms with Crippen LogP contribution in [0.4, 0.5) is 0 Å². The van der Waals surface area contributed by atoms with Crippen LogP contribution < -0.4 is 5.32 Å². The normalized spacial score (nSPS) is 12.8. The molecule has 0 bridgehead atoms. The minimum absolute atomic E-state index is 0.00829. The van der Waals surface area contributed by atoms with Crippen molar-refractivity contribution in [2.75, 3.05) is 13.2 Å². The van der Waals surface area contributed by atoms with E-state index in [4.69, 9.17) is 4.74 Å². The molecule has 0 aromatic carbocycles. The summed E-state index contributed by atoms with van der Waals surface area (Å²) < 4.78 is 5.46. The molecule has 6 heteroatoms. The summed E-state index contributed by atoms with van der Waals surface area (Å²) in [6.07, 6.45) is 76.2. The summed E-state index contributed by atoms with van der Waals surface area (Å²) in [6.45, 7) is 4.91. The number of allylic oxidation sites excluding steroid dienone is 5. The van der Waals surface area contributed by atoms with E-state index in [1.807, 2.05) is 6.08 Å². The Morgan fingerprint density at radius 2 is 0.704 bits per heavy atom. The van der Waals surface area contributed by atoms with Crippen molar-refractivity contribution in [1.29, 1.82) is 0 Å². The second-order valence-electron chi connectivity index (χ2n) is 21.7. The summed E-state index contributed by atoms with van der Waals surface area (Å²) >= 11 is 0. The minimum atomic E-state index is -0.849. The number of ether oxygens (including phenoxy) is 1. The van der Waals surface area contributed by atoms with E-state index in [0.717, 1.165) is 44.9 Å². The number of aliphatic hydroxyl groups excluding tert-OH is 2. The van der Waals surface area contributed by atoms with Crippen LogP contribution in [0.2, 0.25) is 0 Å². The SMILES string of the molecule is CCCCCCCCCCCCCCCCCC/C=C/C(O)C(CO)NC(=O)CCCCCCCCCCC/C=C\C/C=C\CCCCCCCCCCCOC(=O)CCCCCCCCCCCCC. The lowest BCUT2D eigenvalue weighted by atomic mass is 10.0. The number of nitrogens with one attached hydrogen (secondary N) is 1. The Balaban J connectivity index is 3.47. The van der Waals surface area contributed by atoms with E-state index in [1.165, 1.54) is 270 Å². The maximum absolute atomic E-state index is 12.5. The maximum Gasteiger partial charge on any atom is 0.305 e. The lowest BCUT2D eigenvalue weighted by molar-refractivity contribution is -0.143. The first-order chi connectivity index (χ1) is 35.0. The van der Waals surface area contributed by atoms with Crippen LogP contribution >= 0.6 is 0 Å². The summed E-state index contributed by atoms with van der Waals surface area (Å²) in [5.41, 5.74) is 0. The molecule has 71 heavy (non-hydrogen) atoms. The number of carbonyl (C=O) groups excluding carboxylic acids is 2. The number of unbranched alkanes of at least 4 members (excludes halogenated alkanes) is 44. The summed E-state index contributed by atoms with van der Waals surface area (Å²) in [5.74, 6) is -0.0637. The average molecular weight is 999 g/mol. The van der Waals surface area contributed by atoms with Gasteiger partial charge in [0.2, 0.25) is 5.91 Å². The van der Waals surface area contributed by atoms with Crippen LogP contribution in [0.1, 0.15) is 341 Å². The Labute approximate surface area is 443 Å². The van der Waals surface area contributed by atoms with Crippen LogP contribution in [0, 0.1) is 0 Å². The van der Waals surface area contributed by atoms with E-state index in [0.29, 0.717) is 19.4 Å². The third kappa shape index (κ3) is 57.2. The molecule has 0 saturated heterocycles. The van der Waals surface area contributed by atoms with Crippen molar-refractivity contribution in [2.45, 2.75) is 353 Å². The molecule has 0 fully saturated rings. The van der Waals surface area contributed by atoms with E-state index in [2.05, 4.69) is 43.5 Å². The van der Waals surface area contributed by atoms with Gasteiger partial charge in [-0.3, -0.25) is 9.59 Å². The number of amides is 1. The fourth-order valence-electron chi connectivity index (χ4n) is 9.78. The average Bonchev–Trinajstić information content (AvgIpc) is 3.37. The summed E-state index contributed by atoms with van der Waals surface area (Å²) in [5, 5.41) is 23.2. The van der Waals surface area contributed by atoms with Gasteiger partial charge in [0.25, 0.3) is 0 Å². The Bertz CT molecular complexity index is 1150. The van der Waals surface area contributed by atoms with E-state index in [9.17, 15) is 19.8 Å². The van der Waals surface area contributed by atoms with E-state index in [1.54, 1.807) is 6.08 Å². The highest BCUT2D eigenvalue weighted by Gasteiger charge is 2.18. The number of esters is 1. The number of hydrogen-bond acceptors (Lipinski definition) is 5. The number of hydrogen-bond donors (Lipinski definition) is 3. The quantitative estimate of drug-likeness (QED) is 0.0321. The smallest absolute Gasteiger partial charge is 0.305 e. The molecule has 0 heterocycles. The van der Waals surface area contributed by atoms with Crippen LogP contribution in [0.15, 0.2) is 36.5 Å². The third-order valence-corrected chi connectivity index (χ3v) is 14.7. The van der Waals surface area contributed by atoms with Crippen LogP contribution in [0.3, 0.4) is 0 Å². The van der Waals surface area contributed by atoms with Gasteiger partial charge in [0.1, 0.15) is 0 Å². The van der Waals surface area contributed by atoms with Gasteiger partial charge in [0, 0.05) is 12.8 Å². The molecule has 0 rings (SSSR count). The molecule has 0 aromatic heterocycles. The maximum atomic E-state index is 12.5. The molecule has 0 saturated carbocycles. The topological polar surface area (TPSA) is 95.9 Å². The van der Waals surface area contributed by atoms with Crippen molar-refractivity contribution in [3.63, 3.8) is 0 Å². The van der Waals surface area contributed by atoms with E-state index < -0.39 is 12.1 Å². The molecule has 0 radical (unpaired) electrons. The van der Waals surface area contributed by atoms with Crippen molar-refractivity contribution in [3.8, 4) is 0 Å². The second kappa shape index (κ2) is 60.6. The highest BCUT2D eigenvalue weighted by atomic mass is 16.5. The Kier molecular flexibility index (Phi) is 59.0. The van der Waals surface area contributed by atoms with Crippen LogP contribution in [0.25, 0.3) is 0 Å². The molecule has 3 N–H and O–H groups in total. The Hall–Kier alpha value is -1.92. The van der Waals surface area contributed by atoms with Gasteiger partial charge in [-0.25, -0.2) is 0 Å². The predicted octanol–water partition coefficient (Wildman–Crippen LogP) is 20.0. The van der Waals surface area contributed by atoms with Gasteiger partial charge in [0.05, 0.1) is 25.4 Å². The van der Waals surface area contributed by atoms with Gasteiger partial charge in [-0.2, -0.15) is 0 Å². The van der Waals surface area contributed by atoms with Crippen molar-refractivity contribution in [1.82, 2.24) is 5.32 Å². The van der Waals surface area contributed by atoms with Gasteiger partial charge in [-0.15, -0.1) is 0 Å². The lowest BCUT2D eigenvalue weighted by Crippen LogP contribution is -2.45. The zero-order chi connectivity index (χ0) is 51.4. The van der Waals surface area contributed by atoms with Gasteiger partial charge in [-0.05, 0) is 64.2 Å². The predicted molar refractivity (Wildman–Crippen MR) is 310 cm³/mol. The number of aliphatic hydroxyl groups is 2. The molecule has 0 aromatic rings. The molecule has 2 unspecified atom stereocenters. The highest BCUT2D eigenvalue weighted by Crippen LogP contribution is 2.17. The Morgan fingerprint density at radius 1 is 0.394 bits per heavy atom. The van der Waals surface area contributed by atoms with E-state index >= 15 is 0 Å². The zero-order valence-corrected chi connectivity index (χ0v) is 47.7. The lowest BCUT2D eigenvalue weighted by Gasteiger charge is -2.20.